The van der Waals surface area contributed by atoms with Crippen LogP contribution in [0.3, 0.4) is 0 Å². The molecule has 2 unspecified atom stereocenters. The molecule has 0 spiro atoms. The van der Waals surface area contributed by atoms with Gasteiger partial charge in [-0.2, -0.15) is 0 Å². The van der Waals surface area contributed by atoms with Gasteiger partial charge in [-0.05, 0) is 42.4 Å². The van der Waals surface area contributed by atoms with Crippen molar-refractivity contribution in [2.24, 2.45) is 5.92 Å². The molecule has 0 radical (unpaired) electrons. The van der Waals surface area contributed by atoms with Gasteiger partial charge < -0.3 is 5.73 Å². The van der Waals surface area contributed by atoms with Gasteiger partial charge in [-0.25, -0.2) is 0 Å². The maximum Gasteiger partial charge on any atom is 0.0316 e. The zero-order valence-corrected chi connectivity index (χ0v) is 8.87. The molecule has 1 fully saturated rings. The van der Waals surface area contributed by atoms with Crippen molar-refractivity contribution in [3.63, 3.8) is 0 Å². The topological polar surface area (TPSA) is 26.0 Å². The summed E-state index contributed by atoms with van der Waals surface area (Å²) in [7, 11) is 0. The fraction of sp³-hybridized carbons (Fsp3) is 0.538. The zero-order chi connectivity index (χ0) is 9.97. The van der Waals surface area contributed by atoms with Crippen LogP contribution in [0.5, 0.6) is 0 Å². The van der Waals surface area contributed by atoms with Crippen molar-refractivity contribution in [1.82, 2.24) is 0 Å². The smallest absolute Gasteiger partial charge is 0.0316 e. The summed E-state index contributed by atoms with van der Waals surface area (Å²) in [5.41, 5.74) is 8.14. The molecule has 2 N–H and O–H groups in total. The Kier molecular flexibility index (Phi) is 2.76. The highest BCUT2D eigenvalue weighted by molar-refractivity contribution is 5.41. The average Bonchev–Trinajstić information content (AvgIpc) is 2.18. The maximum atomic E-state index is 5.80. The van der Waals surface area contributed by atoms with Crippen LogP contribution >= 0.6 is 0 Å². The lowest BCUT2D eigenvalue weighted by atomic mass is 9.79. The van der Waals surface area contributed by atoms with Gasteiger partial charge in [0, 0.05) is 5.69 Å². The first kappa shape index (κ1) is 9.57. The van der Waals surface area contributed by atoms with E-state index in [1.54, 1.807) is 0 Å². The molecule has 0 saturated heterocycles. The number of nitrogens with two attached hydrogens (primary N) is 1. The maximum absolute atomic E-state index is 5.80. The Labute approximate surface area is 86.3 Å². The van der Waals surface area contributed by atoms with E-state index in [0.717, 1.165) is 17.5 Å². The standard InChI is InChI=1S/C13H19N/c1-10-4-2-5-11(8-10)12-6-3-7-13(14)9-12/h3,6-7,9-11H,2,4-5,8,14H2,1H3. The number of nitrogen functional groups attached to an aromatic ring is 1. The fourth-order valence-corrected chi connectivity index (χ4v) is 2.55. The summed E-state index contributed by atoms with van der Waals surface area (Å²) < 4.78 is 0. The van der Waals surface area contributed by atoms with E-state index < -0.39 is 0 Å². The molecule has 76 valence electrons. The van der Waals surface area contributed by atoms with Crippen LogP contribution in [0.4, 0.5) is 5.69 Å². The van der Waals surface area contributed by atoms with E-state index in [1.807, 2.05) is 6.07 Å². The molecule has 2 atom stereocenters. The Hall–Kier alpha value is -0.980. The molecule has 0 bridgehead atoms. The first-order chi connectivity index (χ1) is 6.75. The van der Waals surface area contributed by atoms with E-state index in [4.69, 9.17) is 5.73 Å². The third-order valence-corrected chi connectivity index (χ3v) is 3.32. The normalized spacial score (nSPS) is 27.5. The molecule has 1 aliphatic carbocycles. The van der Waals surface area contributed by atoms with Crippen LogP contribution in [0.15, 0.2) is 24.3 Å². The number of rotatable bonds is 1. The van der Waals surface area contributed by atoms with E-state index in [2.05, 4.69) is 25.1 Å². The number of hydrogen-bond acceptors (Lipinski definition) is 1. The summed E-state index contributed by atoms with van der Waals surface area (Å²) in [6.07, 6.45) is 5.46. The van der Waals surface area contributed by atoms with Gasteiger partial charge in [-0.15, -0.1) is 0 Å². The van der Waals surface area contributed by atoms with Gasteiger partial charge >= 0.3 is 0 Å². The van der Waals surface area contributed by atoms with Gasteiger partial charge in [0.15, 0.2) is 0 Å². The van der Waals surface area contributed by atoms with Crippen molar-refractivity contribution < 1.29 is 0 Å². The highest BCUT2D eigenvalue weighted by Crippen LogP contribution is 2.36. The van der Waals surface area contributed by atoms with E-state index in [1.165, 1.54) is 31.2 Å². The lowest BCUT2D eigenvalue weighted by molar-refractivity contribution is 0.344. The van der Waals surface area contributed by atoms with Gasteiger partial charge in [-0.3, -0.25) is 0 Å². The van der Waals surface area contributed by atoms with Crippen molar-refractivity contribution in [2.45, 2.75) is 38.5 Å². The van der Waals surface area contributed by atoms with Crippen molar-refractivity contribution in [3.8, 4) is 0 Å². The molecule has 0 heterocycles. The fourth-order valence-electron chi connectivity index (χ4n) is 2.55. The Morgan fingerprint density at radius 2 is 2.14 bits per heavy atom. The molecule has 1 aliphatic rings. The van der Waals surface area contributed by atoms with Crippen molar-refractivity contribution >= 4 is 5.69 Å². The highest BCUT2D eigenvalue weighted by Gasteiger charge is 2.20. The predicted molar refractivity (Wildman–Crippen MR) is 61.2 cm³/mol. The quantitative estimate of drug-likeness (QED) is 0.672. The minimum Gasteiger partial charge on any atom is -0.399 e. The first-order valence-electron chi connectivity index (χ1n) is 5.61. The highest BCUT2D eigenvalue weighted by atomic mass is 14.5. The largest absolute Gasteiger partial charge is 0.399 e. The zero-order valence-electron chi connectivity index (χ0n) is 8.87. The summed E-state index contributed by atoms with van der Waals surface area (Å²) in [5, 5.41) is 0. The summed E-state index contributed by atoms with van der Waals surface area (Å²) in [6, 6.07) is 8.40. The summed E-state index contributed by atoms with van der Waals surface area (Å²) in [4.78, 5) is 0. The Balaban J connectivity index is 2.14. The molecule has 0 aromatic heterocycles. The van der Waals surface area contributed by atoms with E-state index in [0.29, 0.717) is 0 Å². The van der Waals surface area contributed by atoms with Crippen LogP contribution in [0, 0.1) is 5.92 Å². The Morgan fingerprint density at radius 1 is 1.29 bits per heavy atom. The van der Waals surface area contributed by atoms with Crippen molar-refractivity contribution in [1.29, 1.82) is 0 Å². The minimum atomic E-state index is 0.752. The molecular formula is C13H19N. The van der Waals surface area contributed by atoms with Crippen LogP contribution < -0.4 is 5.73 Å². The SMILES string of the molecule is CC1CCCC(c2cccc(N)c2)C1. The molecule has 0 aliphatic heterocycles. The average molecular weight is 189 g/mol. The van der Waals surface area contributed by atoms with E-state index >= 15 is 0 Å². The second-order valence-electron chi connectivity index (χ2n) is 4.64. The van der Waals surface area contributed by atoms with Crippen LogP contribution in [-0.4, -0.2) is 0 Å². The van der Waals surface area contributed by atoms with Crippen LogP contribution in [0.2, 0.25) is 0 Å². The summed E-state index contributed by atoms with van der Waals surface area (Å²) in [6.45, 7) is 2.36. The van der Waals surface area contributed by atoms with Crippen LogP contribution in [0.25, 0.3) is 0 Å². The minimum absolute atomic E-state index is 0.752. The first-order valence-corrected chi connectivity index (χ1v) is 5.61. The van der Waals surface area contributed by atoms with Gasteiger partial charge in [-0.1, -0.05) is 31.9 Å². The second-order valence-corrected chi connectivity index (χ2v) is 4.64. The third kappa shape index (κ3) is 2.09. The number of benzene rings is 1. The number of hydrogen-bond donors (Lipinski definition) is 1. The van der Waals surface area contributed by atoms with Gasteiger partial charge in [0.2, 0.25) is 0 Å². The van der Waals surface area contributed by atoms with Crippen LogP contribution in [0.1, 0.15) is 44.1 Å². The molecule has 1 heteroatoms. The summed E-state index contributed by atoms with van der Waals surface area (Å²) >= 11 is 0. The predicted octanol–water partition coefficient (Wildman–Crippen LogP) is 3.56. The van der Waals surface area contributed by atoms with Gasteiger partial charge in [0.1, 0.15) is 0 Å². The molecule has 1 aromatic carbocycles. The second kappa shape index (κ2) is 4.04. The molecule has 1 saturated carbocycles. The molecule has 1 nitrogen and oxygen atoms in total. The van der Waals surface area contributed by atoms with Crippen molar-refractivity contribution in [2.75, 3.05) is 5.73 Å². The molecule has 1 aromatic rings. The van der Waals surface area contributed by atoms with E-state index in [9.17, 15) is 0 Å². The summed E-state index contributed by atoms with van der Waals surface area (Å²) in [5.74, 6) is 1.64. The molecule has 0 amide bonds. The van der Waals surface area contributed by atoms with E-state index in [-0.39, 0.29) is 0 Å². The van der Waals surface area contributed by atoms with Crippen LogP contribution in [-0.2, 0) is 0 Å². The Morgan fingerprint density at radius 3 is 2.86 bits per heavy atom. The lowest BCUT2D eigenvalue weighted by Gasteiger charge is -2.27. The molecule has 2 rings (SSSR count). The Bertz CT molecular complexity index is 306. The lowest BCUT2D eigenvalue weighted by Crippen LogP contribution is -2.11. The monoisotopic (exact) mass is 189 g/mol. The van der Waals surface area contributed by atoms with Gasteiger partial charge in [0.05, 0.1) is 0 Å². The molecular weight excluding hydrogens is 170 g/mol. The van der Waals surface area contributed by atoms with Gasteiger partial charge in [0.25, 0.3) is 0 Å². The third-order valence-electron chi connectivity index (χ3n) is 3.32. The number of anilines is 1. The van der Waals surface area contributed by atoms with Crippen molar-refractivity contribution in [3.05, 3.63) is 29.8 Å². The molecule has 14 heavy (non-hydrogen) atoms.